The third-order valence-corrected chi connectivity index (χ3v) is 5.29. The van der Waals surface area contributed by atoms with Crippen LogP contribution < -0.4 is 11.1 Å². The summed E-state index contributed by atoms with van der Waals surface area (Å²) in [6.45, 7) is 3.79. The zero-order chi connectivity index (χ0) is 15.6. The molecule has 0 bridgehead atoms. The Balaban J connectivity index is 2.21. The van der Waals surface area contributed by atoms with Gasteiger partial charge in [-0.25, -0.2) is 4.79 Å². The van der Waals surface area contributed by atoms with Gasteiger partial charge in [-0.2, -0.15) is 0 Å². The smallest absolute Gasteiger partial charge is 0.341 e. The molecule has 2 atom stereocenters. The van der Waals surface area contributed by atoms with Crippen LogP contribution >= 0.6 is 11.3 Å². The highest BCUT2D eigenvalue weighted by Gasteiger charge is 2.30. The van der Waals surface area contributed by atoms with Crippen molar-refractivity contribution in [2.75, 3.05) is 12.4 Å². The highest BCUT2D eigenvalue weighted by molar-refractivity contribution is 7.16. The molecule has 0 radical (unpaired) electrons. The SMILES string of the molecule is COC(=O)c1c(NC(=O)C2CCCCC2N)sc(C)c1C. The van der Waals surface area contributed by atoms with E-state index in [4.69, 9.17) is 10.5 Å². The van der Waals surface area contributed by atoms with Crippen molar-refractivity contribution in [1.82, 2.24) is 0 Å². The minimum absolute atomic E-state index is 0.0893. The van der Waals surface area contributed by atoms with E-state index in [1.54, 1.807) is 0 Å². The van der Waals surface area contributed by atoms with Crippen molar-refractivity contribution in [3.63, 3.8) is 0 Å². The fourth-order valence-corrected chi connectivity index (χ4v) is 3.80. The van der Waals surface area contributed by atoms with Crippen LogP contribution in [0.4, 0.5) is 5.00 Å². The number of hydrogen-bond acceptors (Lipinski definition) is 5. The average molecular weight is 310 g/mol. The lowest BCUT2D eigenvalue weighted by Crippen LogP contribution is -2.40. The van der Waals surface area contributed by atoms with Gasteiger partial charge in [-0.05, 0) is 32.3 Å². The summed E-state index contributed by atoms with van der Waals surface area (Å²) in [4.78, 5) is 25.3. The highest BCUT2D eigenvalue weighted by atomic mass is 32.1. The Kier molecular flexibility index (Phi) is 5.00. The normalized spacial score (nSPS) is 21.9. The highest BCUT2D eigenvalue weighted by Crippen LogP contribution is 2.34. The van der Waals surface area contributed by atoms with Gasteiger partial charge in [0.15, 0.2) is 0 Å². The largest absolute Gasteiger partial charge is 0.465 e. The number of rotatable bonds is 3. The van der Waals surface area contributed by atoms with Crippen molar-refractivity contribution >= 4 is 28.2 Å². The Morgan fingerprint density at radius 2 is 1.95 bits per heavy atom. The Morgan fingerprint density at radius 1 is 1.29 bits per heavy atom. The first-order valence-corrected chi connectivity index (χ1v) is 8.02. The second-order valence-corrected chi connectivity index (χ2v) is 6.75. The zero-order valence-corrected chi connectivity index (χ0v) is 13.5. The number of aryl methyl sites for hydroxylation is 1. The van der Waals surface area contributed by atoms with Gasteiger partial charge in [0.2, 0.25) is 5.91 Å². The maximum atomic E-state index is 12.4. The quantitative estimate of drug-likeness (QED) is 0.841. The molecule has 1 heterocycles. The number of nitrogens with one attached hydrogen (secondary N) is 1. The number of anilines is 1. The first kappa shape index (κ1) is 16.0. The van der Waals surface area contributed by atoms with Crippen molar-refractivity contribution in [1.29, 1.82) is 0 Å². The molecule has 116 valence electrons. The summed E-state index contributed by atoms with van der Waals surface area (Å²) in [6, 6.07) is -0.0949. The van der Waals surface area contributed by atoms with Gasteiger partial charge >= 0.3 is 5.97 Å². The maximum Gasteiger partial charge on any atom is 0.341 e. The lowest BCUT2D eigenvalue weighted by atomic mass is 9.84. The van der Waals surface area contributed by atoms with Crippen LogP contribution in [0.5, 0.6) is 0 Å². The summed E-state index contributed by atoms with van der Waals surface area (Å²) in [5.74, 6) is -0.680. The molecule has 0 saturated heterocycles. The van der Waals surface area contributed by atoms with Crippen LogP contribution in [-0.2, 0) is 9.53 Å². The molecule has 3 N–H and O–H groups in total. The van der Waals surface area contributed by atoms with Crippen LogP contribution in [0.15, 0.2) is 0 Å². The zero-order valence-electron chi connectivity index (χ0n) is 12.7. The fraction of sp³-hybridized carbons (Fsp3) is 0.600. The van der Waals surface area contributed by atoms with Gasteiger partial charge in [-0.3, -0.25) is 4.79 Å². The van der Waals surface area contributed by atoms with Gasteiger partial charge in [0.05, 0.1) is 18.6 Å². The van der Waals surface area contributed by atoms with E-state index in [0.29, 0.717) is 10.6 Å². The summed E-state index contributed by atoms with van der Waals surface area (Å²) in [5, 5.41) is 3.46. The number of hydrogen-bond donors (Lipinski definition) is 2. The summed E-state index contributed by atoms with van der Waals surface area (Å²) in [7, 11) is 1.34. The third kappa shape index (κ3) is 3.27. The first-order valence-electron chi connectivity index (χ1n) is 7.20. The summed E-state index contributed by atoms with van der Waals surface area (Å²) < 4.78 is 4.81. The second-order valence-electron chi connectivity index (χ2n) is 5.52. The Labute approximate surface area is 128 Å². The van der Waals surface area contributed by atoms with Crippen molar-refractivity contribution in [3.05, 3.63) is 16.0 Å². The molecule has 1 aliphatic rings. The molecule has 0 spiro atoms. The molecular weight excluding hydrogens is 288 g/mol. The van der Waals surface area contributed by atoms with Gasteiger partial charge in [0, 0.05) is 10.9 Å². The van der Waals surface area contributed by atoms with Gasteiger partial charge in [-0.1, -0.05) is 12.8 Å². The Morgan fingerprint density at radius 3 is 2.57 bits per heavy atom. The second kappa shape index (κ2) is 6.58. The minimum Gasteiger partial charge on any atom is -0.465 e. The number of carbonyl (C=O) groups is 2. The summed E-state index contributed by atoms with van der Waals surface area (Å²) in [6.07, 6.45) is 3.79. The van der Waals surface area contributed by atoms with Crippen LogP contribution in [0.2, 0.25) is 0 Å². The molecule has 1 amide bonds. The van der Waals surface area contributed by atoms with E-state index in [9.17, 15) is 9.59 Å². The van der Waals surface area contributed by atoms with Gasteiger partial charge in [0.1, 0.15) is 5.00 Å². The molecule has 0 aromatic carbocycles. The number of amides is 1. The number of nitrogens with two attached hydrogens (primary N) is 1. The van der Waals surface area contributed by atoms with E-state index < -0.39 is 5.97 Å². The van der Waals surface area contributed by atoms with E-state index in [1.165, 1.54) is 18.4 Å². The molecule has 5 nitrogen and oxygen atoms in total. The molecule has 2 unspecified atom stereocenters. The average Bonchev–Trinajstić information content (AvgIpc) is 2.73. The Bertz CT molecular complexity index is 553. The maximum absolute atomic E-state index is 12.4. The summed E-state index contributed by atoms with van der Waals surface area (Å²) >= 11 is 1.40. The fourth-order valence-electron chi connectivity index (χ4n) is 2.75. The number of thiophene rings is 1. The monoisotopic (exact) mass is 310 g/mol. The van der Waals surface area contributed by atoms with E-state index in [0.717, 1.165) is 36.1 Å². The van der Waals surface area contributed by atoms with E-state index in [2.05, 4.69) is 5.32 Å². The topological polar surface area (TPSA) is 81.4 Å². The lowest BCUT2D eigenvalue weighted by molar-refractivity contribution is -0.121. The molecule has 1 aromatic rings. The summed E-state index contributed by atoms with van der Waals surface area (Å²) in [5.41, 5.74) is 7.36. The van der Waals surface area contributed by atoms with Crippen molar-refractivity contribution in [2.24, 2.45) is 11.7 Å². The number of methoxy groups -OCH3 is 1. The van der Waals surface area contributed by atoms with Crippen molar-refractivity contribution in [3.8, 4) is 0 Å². The molecule has 1 aromatic heterocycles. The lowest BCUT2D eigenvalue weighted by Gasteiger charge is -2.27. The molecule has 1 saturated carbocycles. The number of esters is 1. The van der Waals surface area contributed by atoms with E-state index in [-0.39, 0.29) is 17.9 Å². The standard InChI is InChI=1S/C15H22N2O3S/c1-8-9(2)21-14(12(8)15(19)20-3)17-13(18)10-6-4-5-7-11(10)16/h10-11H,4-7,16H2,1-3H3,(H,17,18). The van der Waals surface area contributed by atoms with Crippen molar-refractivity contribution in [2.45, 2.75) is 45.6 Å². The molecule has 1 aliphatic carbocycles. The number of ether oxygens (including phenoxy) is 1. The van der Waals surface area contributed by atoms with Crippen LogP contribution in [0.25, 0.3) is 0 Å². The van der Waals surface area contributed by atoms with Crippen molar-refractivity contribution < 1.29 is 14.3 Å². The molecule has 6 heteroatoms. The predicted molar refractivity (Wildman–Crippen MR) is 83.7 cm³/mol. The minimum atomic E-state index is -0.417. The molecule has 0 aliphatic heterocycles. The molecule has 2 rings (SSSR count). The van der Waals surface area contributed by atoms with Crippen LogP contribution in [0.1, 0.15) is 46.5 Å². The Hall–Kier alpha value is -1.40. The predicted octanol–water partition coefficient (Wildman–Crippen LogP) is 2.61. The molecular formula is C15H22N2O3S. The van der Waals surface area contributed by atoms with Gasteiger partial charge in [-0.15, -0.1) is 11.3 Å². The van der Waals surface area contributed by atoms with Crippen LogP contribution in [0.3, 0.4) is 0 Å². The van der Waals surface area contributed by atoms with Gasteiger partial charge < -0.3 is 15.8 Å². The van der Waals surface area contributed by atoms with Crippen LogP contribution in [-0.4, -0.2) is 25.0 Å². The molecule has 1 fully saturated rings. The van der Waals surface area contributed by atoms with E-state index in [1.807, 2.05) is 13.8 Å². The first-order chi connectivity index (χ1) is 9.95. The van der Waals surface area contributed by atoms with E-state index >= 15 is 0 Å². The third-order valence-electron chi connectivity index (χ3n) is 4.17. The molecule has 21 heavy (non-hydrogen) atoms. The number of carbonyl (C=O) groups excluding carboxylic acids is 2. The van der Waals surface area contributed by atoms with Crippen LogP contribution in [0, 0.1) is 19.8 Å². The van der Waals surface area contributed by atoms with Gasteiger partial charge in [0.25, 0.3) is 0 Å².